The number of likely N-dealkylation sites (tertiary alicyclic amines) is 1. The van der Waals surface area contributed by atoms with E-state index in [1.165, 1.54) is 12.1 Å². The molecule has 2 aromatic heterocycles. The molecule has 1 fully saturated rings. The van der Waals surface area contributed by atoms with Crippen molar-refractivity contribution in [1.82, 2.24) is 19.9 Å². The number of benzene rings is 1. The molecule has 1 N–H and O–H groups in total. The van der Waals surface area contributed by atoms with Crippen molar-refractivity contribution in [1.29, 1.82) is 0 Å². The Morgan fingerprint density at radius 1 is 1.21 bits per heavy atom. The zero-order valence-electron chi connectivity index (χ0n) is 15.8. The Hall–Kier alpha value is -3.35. The molecule has 0 bridgehead atoms. The molecule has 0 saturated carbocycles. The van der Waals surface area contributed by atoms with Crippen LogP contribution in [0.5, 0.6) is 0 Å². The van der Waals surface area contributed by atoms with Crippen molar-refractivity contribution in [2.45, 2.75) is 25.2 Å². The molecule has 1 aliphatic heterocycles. The summed E-state index contributed by atoms with van der Waals surface area (Å²) in [7, 11) is 0. The lowest BCUT2D eigenvalue weighted by molar-refractivity contribution is -0.130. The summed E-state index contributed by atoms with van der Waals surface area (Å²) in [5, 5.41) is 0. The molecule has 1 saturated heterocycles. The minimum absolute atomic E-state index is 0.00262. The van der Waals surface area contributed by atoms with Crippen LogP contribution in [-0.2, 0) is 11.2 Å². The predicted octanol–water partition coefficient (Wildman–Crippen LogP) is 2.92. The van der Waals surface area contributed by atoms with Gasteiger partial charge in [-0.3, -0.25) is 14.6 Å². The van der Waals surface area contributed by atoms with Gasteiger partial charge >= 0.3 is 0 Å². The Labute approximate surface area is 167 Å². The Kier molecular flexibility index (Phi) is 5.46. The van der Waals surface area contributed by atoms with Crippen LogP contribution >= 0.6 is 0 Å². The van der Waals surface area contributed by atoms with Gasteiger partial charge in [-0.15, -0.1) is 0 Å². The van der Waals surface area contributed by atoms with E-state index in [1.807, 2.05) is 6.07 Å². The lowest BCUT2D eigenvalue weighted by Crippen LogP contribution is -2.29. The van der Waals surface area contributed by atoms with Gasteiger partial charge in [-0.1, -0.05) is 24.3 Å². The summed E-state index contributed by atoms with van der Waals surface area (Å²) in [4.78, 5) is 38.0. The summed E-state index contributed by atoms with van der Waals surface area (Å²) in [5.74, 6) is 0.134. The quantitative estimate of drug-likeness (QED) is 0.724. The molecule has 1 aliphatic rings. The highest BCUT2D eigenvalue weighted by Gasteiger charge is 2.28. The SMILES string of the molecule is O=C(CCc1ccccc1F)N1CC[C@H](c2cc(=O)[nH]c(-c3ccccn3)n2)C1. The second-order valence-corrected chi connectivity index (χ2v) is 7.15. The van der Waals surface area contributed by atoms with Crippen LogP contribution in [-0.4, -0.2) is 38.8 Å². The number of nitrogens with one attached hydrogen (secondary N) is 1. The zero-order valence-corrected chi connectivity index (χ0v) is 15.8. The van der Waals surface area contributed by atoms with Crippen LogP contribution in [0.3, 0.4) is 0 Å². The lowest BCUT2D eigenvalue weighted by Gasteiger charge is -2.16. The monoisotopic (exact) mass is 392 g/mol. The third-order valence-electron chi connectivity index (χ3n) is 5.19. The van der Waals surface area contributed by atoms with Crippen molar-refractivity contribution < 1.29 is 9.18 Å². The van der Waals surface area contributed by atoms with Crippen molar-refractivity contribution in [2.24, 2.45) is 0 Å². The number of amides is 1. The Bertz CT molecular complexity index is 1070. The second kappa shape index (κ2) is 8.34. The first-order chi connectivity index (χ1) is 14.1. The van der Waals surface area contributed by atoms with Crippen LogP contribution in [0.25, 0.3) is 11.5 Å². The summed E-state index contributed by atoms with van der Waals surface area (Å²) in [5.41, 5.74) is 1.58. The van der Waals surface area contributed by atoms with Gasteiger partial charge < -0.3 is 9.88 Å². The van der Waals surface area contributed by atoms with Gasteiger partial charge in [-0.05, 0) is 36.6 Å². The Balaban J connectivity index is 1.43. The lowest BCUT2D eigenvalue weighted by atomic mass is 10.0. The van der Waals surface area contributed by atoms with Gasteiger partial charge in [-0.25, -0.2) is 9.37 Å². The van der Waals surface area contributed by atoms with Crippen LogP contribution in [0.15, 0.2) is 59.5 Å². The number of nitrogens with zero attached hydrogens (tertiary/aromatic N) is 3. The number of hydrogen-bond donors (Lipinski definition) is 1. The van der Waals surface area contributed by atoms with E-state index in [-0.39, 0.29) is 29.6 Å². The summed E-state index contributed by atoms with van der Waals surface area (Å²) in [6, 6.07) is 13.4. The molecule has 1 atom stereocenters. The fourth-order valence-corrected chi connectivity index (χ4v) is 3.64. The Morgan fingerprint density at radius 2 is 2.03 bits per heavy atom. The standard InChI is InChI=1S/C22H21FN4O2/c23-17-6-2-1-5-15(17)8-9-21(29)27-12-10-16(14-27)19-13-20(28)26-22(25-19)18-7-3-4-11-24-18/h1-7,11,13,16H,8-10,12,14H2,(H,25,26,28)/t16-/m0/s1. The van der Waals surface area contributed by atoms with Crippen LogP contribution in [0.1, 0.15) is 30.0 Å². The van der Waals surface area contributed by atoms with E-state index in [0.717, 1.165) is 6.42 Å². The number of carbonyl (C=O) groups is 1. The van der Waals surface area contributed by atoms with E-state index in [2.05, 4.69) is 15.0 Å². The molecule has 1 amide bonds. The van der Waals surface area contributed by atoms with E-state index in [1.54, 1.807) is 41.4 Å². The first-order valence-electron chi connectivity index (χ1n) is 9.64. The van der Waals surface area contributed by atoms with Crippen molar-refractivity contribution in [3.8, 4) is 11.5 Å². The van der Waals surface area contributed by atoms with Gasteiger partial charge in [0.15, 0.2) is 5.82 Å². The van der Waals surface area contributed by atoms with Gasteiger partial charge in [0.05, 0.1) is 5.69 Å². The average Bonchev–Trinajstić information content (AvgIpc) is 3.24. The number of aryl methyl sites for hydroxylation is 1. The first-order valence-corrected chi connectivity index (χ1v) is 9.64. The maximum absolute atomic E-state index is 13.7. The highest BCUT2D eigenvalue weighted by atomic mass is 19.1. The highest BCUT2D eigenvalue weighted by Crippen LogP contribution is 2.26. The third-order valence-corrected chi connectivity index (χ3v) is 5.19. The summed E-state index contributed by atoms with van der Waals surface area (Å²) >= 11 is 0. The first kappa shape index (κ1) is 19.0. The molecule has 3 heterocycles. The number of pyridine rings is 1. The van der Waals surface area contributed by atoms with Gasteiger partial charge in [0.25, 0.3) is 5.56 Å². The van der Waals surface area contributed by atoms with Crippen LogP contribution in [0.4, 0.5) is 4.39 Å². The van der Waals surface area contributed by atoms with Crippen LogP contribution < -0.4 is 5.56 Å². The number of aromatic amines is 1. The minimum Gasteiger partial charge on any atom is -0.342 e. The molecule has 7 heteroatoms. The normalized spacial score (nSPS) is 16.2. The van der Waals surface area contributed by atoms with E-state index >= 15 is 0 Å². The van der Waals surface area contributed by atoms with Crippen LogP contribution in [0, 0.1) is 5.82 Å². The van der Waals surface area contributed by atoms with E-state index < -0.39 is 0 Å². The van der Waals surface area contributed by atoms with E-state index in [0.29, 0.717) is 42.3 Å². The molecule has 1 aromatic carbocycles. The molecule has 148 valence electrons. The smallest absolute Gasteiger partial charge is 0.251 e. The average molecular weight is 392 g/mol. The third kappa shape index (κ3) is 4.39. The second-order valence-electron chi connectivity index (χ2n) is 7.15. The van der Waals surface area contributed by atoms with Crippen molar-refractivity contribution in [2.75, 3.05) is 13.1 Å². The van der Waals surface area contributed by atoms with Crippen molar-refractivity contribution in [3.05, 3.63) is 82.2 Å². The largest absolute Gasteiger partial charge is 0.342 e. The zero-order chi connectivity index (χ0) is 20.2. The van der Waals surface area contributed by atoms with Gasteiger partial charge in [-0.2, -0.15) is 0 Å². The predicted molar refractivity (Wildman–Crippen MR) is 107 cm³/mol. The molecule has 29 heavy (non-hydrogen) atoms. The van der Waals surface area contributed by atoms with Gasteiger partial charge in [0, 0.05) is 37.7 Å². The molecular formula is C22H21FN4O2. The van der Waals surface area contributed by atoms with Crippen molar-refractivity contribution in [3.63, 3.8) is 0 Å². The number of carbonyl (C=O) groups excluding carboxylic acids is 1. The number of H-pyrrole nitrogens is 1. The molecule has 0 radical (unpaired) electrons. The minimum atomic E-state index is -0.283. The fourth-order valence-electron chi connectivity index (χ4n) is 3.64. The topological polar surface area (TPSA) is 79.0 Å². The molecule has 6 nitrogen and oxygen atoms in total. The molecule has 0 aliphatic carbocycles. The number of hydrogen-bond acceptors (Lipinski definition) is 4. The molecular weight excluding hydrogens is 371 g/mol. The Morgan fingerprint density at radius 3 is 2.83 bits per heavy atom. The summed E-state index contributed by atoms with van der Waals surface area (Å²) in [6.45, 7) is 1.11. The van der Waals surface area contributed by atoms with Gasteiger partial charge in [0.2, 0.25) is 5.91 Å². The molecule has 4 rings (SSSR count). The van der Waals surface area contributed by atoms with Crippen LogP contribution in [0.2, 0.25) is 0 Å². The molecule has 0 unspecified atom stereocenters. The number of aromatic nitrogens is 3. The number of rotatable bonds is 5. The van der Waals surface area contributed by atoms with E-state index in [4.69, 9.17) is 0 Å². The molecule has 0 spiro atoms. The van der Waals surface area contributed by atoms with E-state index in [9.17, 15) is 14.0 Å². The van der Waals surface area contributed by atoms with Crippen molar-refractivity contribution >= 4 is 5.91 Å². The summed E-state index contributed by atoms with van der Waals surface area (Å²) < 4.78 is 13.7. The highest BCUT2D eigenvalue weighted by molar-refractivity contribution is 5.76. The maximum Gasteiger partial charge on any atom is 0.251 e. The maximum atomic E-state index is 13.7. The summed E-state index contributed by atoms with van der Waals surface area (Å²) in [6.07, 6.45) is 3.02. The van der Waals surface area contributed by atoms with Gasteiger partial charge in [0.1, 0.15) is 11.5 Å². The number of halogens is 1. The fraction of sp³-hybridized carbons (Fsp3) is 0.273. The molecule has 3 aromatic rings.